The maximum Gasteiger partial charge on any atom is 0.277 e. The molecule has 0 aliphatic carbocycles. The number of aromatic nitrogens is 3. The molecular formula is C18H16F2N4O3S. The van der Waals surface area contributed by atoms with Gasteiger partial charge >= 0.3 is 0 Å². The summed E-state index contributed by atoms with van der Waals surface area (Å²) in [6.07, 6.45) is 0. The van der Waals surface area contributed by atoms with Gasteiger partial charge in [-0.1, -0.05) is 0 Å². The van der Waals surface area contributed by atoms with Crippen LogP contribution in [0.2, 0.25) is 0 Å². The monoisotopic (exact) mass is 406 g/mol. The van der Waals surface area contributed by atoms with E-state index in [1.165, 1.54) is 36.6 Å². The molecule has 146 valence electrons. The number of nitrogens with one attached hydrogen (secondary N) is 1. The molecule has 0 atom stereocenters. The van der Waals surface area contributed by atoms with Crippen molar-refractivity contribution in [2.75, 3.05) is 19.0 Å². The first-order valence-corrected chi connectivity index (χ1v) is 9.02. The maximum absolute atomic E-state index is 13.5. The second kappa shape index (κ2) is 8.36. The standard InChI is InChI=1S/C18H16F2N4O3S/c1-10-16(11-3-4-12(19)13(20)9-11)21-18(28-10)22-17(26)14-5-6-15(25)24(23-14)7-8-27-2/h3-6,9H,7-8H2,1-2H3,(H,21,22,26). The van der Waals surface area contributed by atoms with Crippen LogP contribution in [0.25, 0.3) is 11.3 Å². The Morgan fingerprint density at radius 3 is 2.75 bits per heavy atom. The van der Waals surface area contributed by atoms with Crippen LogP contribution in [-0.2, 0) is 11.3 Å². The van der Waals surface area contributed by atoms with Gasteiger partial charge in [-0.25, -0.2) is 18.4 Å². The number of hydrogen-bond acceptors (Lipinski definition) is 6. The molecule has 0 saturated heterocycles. The number of thiazole rings is 1. The Kier molecular flexibility index (Phi) is 5.90. The zero-order chi connectivity index (χ0) is 20.3. The van der Waals surface area contributed by atoms with Crippen molar-refractivity contribution >= 4 is 22.4 Å². The Morgan fingerprint density at radius 2 is 2.04 bits per heavy atom. The molecule has 0 saturated carbocycles. The summed E-state index contributed by atoms with van der Waals surface area (Å²) in [5, 5.41) is 6.90. The molecule has 3 aromatic rings. The highest BCUT2D eigenvalue weighted by Crippen LogP contribution is 2.31. The lowest BCUT2D eigenvalue weighted by Crippen LogP contribution is -2.27. The molecule has 0 spiro atoms. The highest BCUT2D eigenvalue weighted by molar-refractivity contribution is 7.16. The molecule has 28 heavy (non-hydrogen) atoms. The van der Waals surface area contributed by atoms with Crippen molar-refractivity contribution in [1.82, 2.24) is 14.8 Å². The van der Waals surface area contributed by atoms with E-state index in [1.807, 2.05) is 0 Å². The van der Waals surface area contributed by atoms with E-state index < -0.39 is 17.5 Å². The number of aryl methyl sites for hydroxylation is 1. The van der Waals surface area contributed by atoms with E-state index in [0.29, 0.717) is 11.3 Å². The van der Waals surface area contributed by atoms with Gasteiger partial charge in [-0.05, 0) is 31.2 Å². The smallest absolute Gasteiger partial charge is 0.277 e. The van der Waals surface area contributed by atoms with Gasteiger partial charge in [0.1, 0.15) is 5.69 Å². The normalized spacial score (nSPS) is 10.9. The third-order valence-corrected chi connectivity index (χ3v) is 4.70. The molecule has 2 aromatic heterocycles. The Balaban J connectivity index is 1.81. The summed E-state index contributed by atoms with van der Waals surface area (Å²) in [6.45, 7) is 2.25. The Morgan fingerprint density at radius 1 is 1.25 bits per heavy atom. The van der Waals surface area contributed by atoms with E-state index in [0.717, 1.165) is 21.7 Å². The second-order valence-electron chi connectivity index (χ2n) is 5.78. The minimum atomic E-state index is -0.974. The summed E-state index contributed by atoms with van der Waals surface area (Å²) < 4.78 is 32.7. The number of nitrogens with zero attached hydrogens (tertiary/aromatic N) is 3. The average molecular weight is 406 g/mol. The first kappa shape index (κ1) is 19.8. The summed E-state index contributed by atoms with van der Waals surface area (Å²) in [4.78, 5) is 29.2. The van der Waals surface area contributed by atoms with Crippen LogP contribution in [0.4, 0.5) is 13.9 Å². The van der Waals surface area contributed by atoms with Crippen LogP contribution in [-0.4, -0.2) is 34.4 Å². The predicted molar refractivity (Wildman–Crippen MR) is 101 cm³/mol. The number of halogens is 2. The van der Waals surface area contributed by atoms with Crippen molar-refractivity contribution < 1.29 is 18.3 Å². The molecule has 3 rings (SSSR count). The van der Waals surface area contributed by atoms with Crippen molar-refractivity contribution in [2.45, 2.75) is 13.5 Å². The summed E-state index contributed by atoms with van der Waals surface area (Å²) >= 11 is 1.19. The van der Waals surface area contributed by atoms with Gasteiger partial charge in [0.2, 0.25) is 0 Å². The fourth-order valence-corrected chi connectivity index (χ4v) is 3.26. The minimum absolute atomic E-state index is 0.0398. The van der Waals surface area contributed by atoms with Crippen LogP contribution in [0.5, 0.6) is 0 Å². The van der Waals surface area contributed by atoms with Gasteiger partial charge < -0.3 is 4.74 Å². The lowest BCUT2D eigenvalue weighted by atomic mass is 10.1. The van der Waals surface area contributed by atoms with Crippen LogP contribution in [0, 0.1) is 18.6 Å². The van der Waals surface area contributed by atoms with Crippen LogP contribution >= 0.6 is 11.3 Å². The molecule has 1 N–H and O–H groups in total. The largest absolute Gasteiger partial charge is 0.383 e. The van der Waals surface area contributed by atoms with Gasteiger partial charge in [-0.3, -0.25) is 14.9 Å². The van der Waals surface area contributed by atoms with E-state index >= 15 is 0 Å². The van der Waals surface area contributed by atoms with E-state index in [-0.39, 0.29) is 29.5 Å². The number of hydrogen-bond donors (Lipinski definition) is 1. The van der Waals surface area contributed by atoms with Crippen LogP contribution < -0.4 is 10.9 Å². The number of carbonyl (C=O) groups is 1. The van der Waals surface area contributed by atoms with Crippen molar-refractivity contribution in [1.29, 1.82) is 0 Å². The molecule has 1 aromatic carbocycles. The summed E-state index contributed by atoms with van der Waals surface area (Å²) in [5.41, 5.74) is 0.536. The van der Waals surface area contributed by atoms with E-state index in [4.69, 9.17) is 4.74 Å². The molecule has 2 heterocycles. The molecule has 0 radical (unpaired) electrons. The third-order valence-electron chi connectivity index (χ3n) is 3.82. The Hall–Kier alpha value is -2.98. The highest BCUT2D eigenvalue weighted by atomic mass is 32.1. The molecule has 0 bridgehead atoms. The lowest BCUT2D eigenvalue weighted by molar-refractivity contribution is 0.101. The van der Waals surface area contributed by atoms with Gasteiger partial charge in [0.25, 0.3) is 11.5 Å². The first-order chi connectivity index (χ1) is 13.4. The third kappa shape index (κ3) is 4.29. The minimum Gasteiger partial charge on any atom is -0.383 e. The average Bonchev–Trinajstić information content (AvgIpc) is 3.03. The highest BCUT2D eigenvalue weighted by Gasteiger charge is 2.16. The summed E-state index contributed by atoms with van der Waals surface area (Å²) in [6, 6.07) is 6.06. The second-order valence-corrected chi connectivity index (χ2v) is 6.98. The summed E-state index contributed by atoms with van der Waals surface area (Å²) in [7, 11) is 1.50. The van der Waals surface area contributed by atoms with Crippen molar-refractivity contribution in [2.24, 2.45) is 0 Å². The number of ether oxygens (including phenoxy) is 1. The maximum atomic E-state index is 13.5. The SMILES string of the molecule is COCCn1nc(C(=O)Nc2nc(-c3ccc(F)c(F)c3)c(C)s2)ccc1=O. The van der Waals surface area contributed by atoms with Gasteiger partial charge in [-0.2, -0.15) is 5.10 Å². The summed E-state index contributed by atoms with van der Waals surface area (Å²) in [5.74, 6) is -2.46. The van der Waals surface area contributed by atoms with Crippen LogP contribution in [0.15, 0.2) is 35.1 Å². The lowest BCUT2D eigenvalue weighted by Gasteiger charge is -2.06. The number of methoxy groups -OCH3 is 1. The molecule has 10 heteroatoms. The fourth-order valence-electron chi connectivity index (χ4n) is 2.43. The molecule has 7 nitrogen and oxygen atoms in total. The predicted octanol–water partition coefficient (Wildman–Crippen LogP) is 2.85. The van der Waals surface area contributed by atoms with Gasteiger partial charge in [0, 0.05) is 23.6 Å². The molecule has 0 aliphatic rings. The van der Waals surface area contributed by atoms with E-state index in [1.54, 1.807) is 6.92 Å². The molecule has 1 amide bonds. The Labute approximate surface area is 162 Å². The first-order valence-electron chi connectivity index (χ1n) is 8.20. The number of rotatable bonds is 6. The van der Waals surface area contributed by atoms with Crippen LogP contribution in [0.3, 0.4) is 0 Å². The van der Waals surface area contributed by atoms with Gasteiger partial charge in [0.05, 0.1) is 18.8 Å². The number of anilines is 1. The molecule has 0 aliphatic heterocycles. The van der Waals surface area contributed by atoms with Crippen molar-refractivity contribution in [3.8, 4) is 11.3 Å². The van der Waals surface area contributed by atoms with Crippen molar-refractivity contribution in [3.63, 3.8) is 0 Å². The van der Waals surface area contributed by atoms with Gasteiger partial charge in [0.15, 0.2) is 16.8 Å². The molecular weight excluding hydrogens is 390 g/mol. The number of benzene rings is 1. The fraction of sp³-hybridized carbons (Fsp3) is 0.222. The molecule has 0 unspecified atom stereocenters. The zero-order valence-electron chi connectivity index (χ0n) is 15.0. The quantitative estimate of drug-likeness (QED) is 0.680. The van der Waals surface area contributed by atoms with E-state index in [2.05, 4.69) is 15.4 Å². The number of amides is 1. The van der Waals surface area contributed by atoms with Crippen molar-refractivity contribution in [3.05, 3.63) is 62.9 Å². The molecule has 0 fully saturated rings. The van der Waals surface area contributed by atoms with Gasteiger partial charge in [-0.15, -0.1) is 11.3 Å². The zero-order valence-corrected chi connectivity index (χ0v) is 15.8. The van der Waals surface area contributed by atoms with E-state index in [9.17, 15) is 18.4 Å². The topological polar surface area (TPSA) is 86.1 Å². The Bertz CT molecular complexity index is 1080. The number of carbonyl (C=O) groups excluding carboxylic acids is 1. The van der Waals surface area contributed by atoms with Crippen LogP contribution in [0.1, 0.15) is 15.4 Å².